The van der Waals surface area contributed by atoms with Gasteiger partial charge in [0.2, 0.25) is 10.0 Å². The van der Waals surface area contributed by atoms with Crippen LogP contribution in [-0.2, 0) is 10.0 Å². The van der Waals surface area contributed by atoms with Gasteiger partial charge in [0.05, 0.1) is 22.5 Å². The van der Waals surface area contributed by atoms with Gasteiger partial charge in [-0.25, -0.2) is 8.42 Å². The molecule has 0 bridgehead atoms. The fraction of sp³-hybridized carbons (Fsp3) is 0.429. The minimum atomic E-state index is -3.88. The van der Waals surface area contributed by atoms with Crippen molar-refractivity contribution in [3.05, 3.63) is 47.0 Å². The minimum absolute atomic E-state index is 0.0444. The van der Waals surface area contributed by atoms with Crippen LogP contribution in [0.25, 0.3) is 0 Å². The summed E-state index contributed by atoms with van der Waals surface area (Å²) in [4.78, 5) is 9.99. The van der Waals surface area contributed by atoms with Crippen molar-refractivity contribution in [2.45, 2.75) is 24.8 Å². The molecular formula is C14H20N2O5S. The Balaban J connectivity index is 3.26. The number of benzene rings is 1. The lowest BCUT2D eigenvalue weighted by molar-refractivity contribution is -0.384. The summed E-state index contributed by atoms with van der Waals surface area (Å²) in [5.41, 5.74) is -0.184. The molecule has 122 valence electrons. The summed E-state index contributed by atoms with van der Waals surface area (Å²) in [7, 11) is -3.88. The van der Waals surface area contributed by atoms with E-state index in [1.807, 2.05) is 13.8 Å². The number of hydrogen-bond acceptors (Lipinski definition) is 5. The second kappa shape index (κ2) is 7.48. The highest BCUT2D eigenvalue weighted by Crippen LogP contribution is 2.23. The van der Waals surface area contributed by atoms with Gasteiger partial charge < -0.3 is 5.11 Å². The van der Waals surface area contributed by atoms with Gasteiger partial charge in [-0.15, -0.1) is 6.58 Å². The number of nitrogens with zero attached hydrogens (tertiary/aromatic N) is 2. The monoisotopic (exact) mass is 328 g/mol. The smallest absolute Gasteiger partial charge is 0.269 e. The first-order valence-electron chi connectivity index (χ1n) is 6.73. The SMILES string of the molecule is C=CCN(C(CO)C(C)C)S(=O)(=O)c1ccc([N+](=O)[O-])cc1. The Bertz CT molecular complexity index is 625. The molecular weight excluding hydrogens is 308 g/mol. The molecule has 1 aromatic carbocycles. The molecule has 7 nitrogen and oxygen atoms in total. The van der Waals surface area contributed by atoms with Gasteiger partial charge in [-0.05, 0) is 18.1 Å². The molecule has 1 unspecified atom stereocenters. The van der Waals surface area contributed by atoms with E-state index in [0.717, 1.165) is 16.4 Å². The highest BCUT2D eigenvalue weighted by atomic mass is 32.2. The third-order valence-electron chi connectivity index (χ3n) is 3.29. The number of nitro benzene ring substituents is 1. The molecule has 8 heteroatoms. The summed E-state index contributed by atoms with van der Waals surface area (Å²) in [6, 6.07) is 4.07. The van der Waals surface area contributed by atoms with Gasteiger partial charge in [0.25, 0.3) is 5.69 Å². The molecule has 0 amide bonds. The van der Waals surface area contributed by atoms with Crippen LogP contribution in [0.5, 0.6) is 0 Å². The predicted octanol–water partition coefficient (Wildman–Crippen LogP) is 1.79. The van der Waals surface area contributed by atoms with E-state index in [2.05, 4.69) is 6.58 Å². The Labute approximate surface area is 130 Å². The number of aliphatic hydroxyl groups excluding tert-OH is 1. The Kier molecular flexibility index (Phi) is 6.21. The predicted molar refractivity (Wildman–Crippen MR) is 82.9 cm³/mol. The molecule has 1 rings (SSSR count). The van der Waals surface area contributed by atoms with Crippen molar-refractivity contribution < 1.29 is 18.4 Å². The standard InChI is InChI=1S/C14H20N2O5S/c1-4-9-15(14(10-17)11(2)3)22(20,21)13-7-5-12(6-8-13)16(18)19/h4-8,11,14,17H,1,9-10H2,2-3H3. The molecule has 1 N–H and O–H groups in total. The largest absolute Gasteiger partial charge is 0.395 e. The topological polar surface area (TPSA) is 101 Å². The van der Waals surface area contributed by atoms with Gasteiger partial charge in [-0.3, -0.25) is 10.1 Å². The van der Waals surface area contributed by atoms with Crippen molar-refractivity contribution in [2.24, 2.45) is 5.92 Å². The van der Waals surface area contributed by atoms with Crippen LogP contribution in [-0.4, -0.2) is 41.9 Å². The van der Waals surface area contributed by atoms with Crippen molar-refractivity contribution in [2.75, 3.05) is 13.2 Å². The first-order valence-corrected chi connectivity index (χ1v) is 8.17. The normalized spacial score (nSPS) is 13.3. The first-order chi connectivity index (χ1) is 10.3. The zero-order valence-corrected chi connectivity index (χ0v) is 13.4. The third-order valence-corrected chi connectivity index (χ3v) is 5.19. The van der Waals surface area contributed by atoms with E-state index >= 15 is 0 Å². The Morgan fingerprint density at radius 2 is 1.91 bits per heavy atom. The summed E-state index contributed by atoms with van der Waals surface area (Å²) in [5, 5.41) is 20.1. The highest BCUT2D eigenvalue weighted by Gasteiger charge is 2.32. The first kappa shape index (κ1) is 18.3. The van der Waals surface area contributed by atoms with Crippen molar-refractivity contribution in [1.29, 1.82) is 0 Å². The van der Waals surface area contributed by atoms with Crippen LogP contribution in [0.3, 0.4) is 0 Å². The van der Waals surface area contributed by atoms with E-state index in [1.165, 1.54) is 18.2 Å². The maximum atomic E-state index is 12.7. The molecule has 0 aliphatic carbocycles. The Morgan fingerprint density at radius 1 is 1.36 bits per heavy atom. The molecule has 1 atom stereocenters. The summed E-state index contributed by atoms with van der Waals surface area (Å²) in [5.74, 6) is -0.0993. The number of sulfonamides is 1. The maximum absolute atomic E-state index is 12.7. The lowest BCUT2D eigenvalue weighted by atomic mass is 10.1. The average molecular weight is 328 g/mol. The van der Waals surface area contributed by atoms with Crippen molar-refractivity contribution >= 4 is 15.7 Å². The number of aliphatic hydroxyl groups is 1. The van der Waals surface area contributed by atoms with E-state index in [1.54, 1.807) is 0 Å². The molecule has 0 saturated heterocycles. The molecule has 0 spiro atoms. The van der Waals surface area contributed by atoms with E-state index in [0.29, 0.717) is 0 Å². The Morgan fingerprint density at radius 3 is 2.27 bits per heavy atom. The van der Waals surface area contributed by atoms with Crippen LogP contribution >= 0.6 is 0 Å². The van der Waals surface area contributed by atoms with Crippen LogP contribution in [0, 0.1) is 16.0 Å². The fourth-order valence-corrected chi connectivity index (χ4v) is 3.77. The zero-order valence-electron chi connectivity index (χ0n) is 12.5. The van der Waals surface area contributed by atoms with Gasteiger partial charge in [0.15, 0.2) is 0 Å². The molecule has 0 aromatic heterocycles. The van der Waals surface area contributed by atoms with Crippen LogP contribution in [0.1, 0.15) is 13.8 Å². The number of rotatable bonds is 8. The van der Waals surface area contributed by atoms with Gasteiger partial charge in [-0.2, -0.15) is 4.31 Å². The summed E-state index contributed by atoms with van der Waals surface area (Å²) < 4.78 is 26.6. The van der Waals surface area contributed by atoms with Crippen LogP contribution in [0.15, 0.2) is 41.8 Å². The van der Waals surface area contributed by atoms with E-state index in [4.69, 9.17) is 0 Å². The minimum Gasteiger partial charge on any atom is -0.395 e. The van der Waals surface area contributed by atoms with Gasteiger partial charge >= 0.3 is 0 Å². The number of nitro groups is 1. The van der Waals surface area contributed by atoms with E-state index in [-0.39, 0.29) is 29.7 Å². The summed E-state index contributed by atoms with van der Waals surface area (Å²) in [6.07, 6.45) is 1.44. The zero-order chi connectivity index (χ0) is 16.9. The summed E-state index contributed by atoms with van der Waals surface area (Å²) >= 11 is 0. The quantitative estimate of drug-likeness (QED) is 0.445. The lowest BCUT2D eigenvalue weighted by Crippen LogP contribution is -2.45. The van der Waals surface area contributed by atoms with Crippen molar-refractivity contribution in [1.82, 2.24) is 4.31 Å². The second-order valence-electron chi connectivity index (χ2n) is 5.11. The van der Waals surface area contributed by atoms with E-state index in [9.17, 15) is 23.6 Å². The summed E-state index contributed by atoms with van der Waals surface area (Å²) in [6.45, 7) is 6.88. The fourth-order valence-electron chi connectivity index (χ4n) is 2.05. The Hall–Kier alpha value is -1.77. The molecule has 0 saturated carbocycles. The van der Waals surface area contributed by atoms with Gasteiger partial charge in [0.1, 0.15) is 0 Å². The molecule has 22 heavy (non-hydrogen) atoms. The van der Waals surface area contributed by atoms with Crippen molar-refractivity contribution in [3.8, 4) is 0 Å². The van der Waals surface area contributed by atoms with Crippen LogP contribution < -0.4 is 0 Å². The van der Waals surface area contributed by atoms with Gasteiger partial charge in [0, 0.05) is 18.7 Å². The average Bonchev–Trinajstić information content (AvgIpc) is 2.46. The number of non-ortho nitro benzene ring substituents is 1. The molecule has 1 aromatic rings. The maximum Gasteiger partial charge on any atom is 0.269 e. The third kappa shape index (κ3) is 3.90. The van der Waals surface area contributed by atoms with Crippen molar-refractivity contribution in [3.63, 3.8) is 0 Å². The second-order valence-corrected chi connectivity index (χ2v) is 7.00. The number of hydrogen-bond donors (Lipinski definition) is 1. The highest BCUT2D eigenvalue weighted by molar-refractivity contribution is 7.89. The molecule has 0 aliphatic rings. The molecule has 0 fully saturated rings. The molecule has 0 radical (unpaired) electrons. The van der Waals surface area contributed by atoms with Crippen LogP contribution in [0.4, 0.5) is 5.69 Å². The molecule has 0 heterocycles. The van der Waals surface area contributed by atoms with Gasteiger partial charge in [-0.1, -0.05) is 19.9 Å². The van der Waals surface area contributed by atoms with Crippen LogP contribution in [0.2, 0.25) is 0 Å². The molecule has 0 aliphatic heterocycles. The van der Waals surface area contributed by atoms with E-state index < -0.39 is 21.0 Å². The lowest BCUT2D eigenvalue weighted by Gasteiger charge is -2.31.